The summed E-state index contributed by atoms with van der Waals surface area (Å²) in [6, 6.07) is 2.39. The van der Waals surface area contributed by atoms with Crippen LogP contribution in [0.3, 0.4) is 0 Å². The molecule has 4 heterocycles. The number of carbonyl (C=O) groups excluding carboxylic acids is 1. The Bertz CT molecular complexity index is 1130. The van der Waals surface area contributed by atoms with Gasteiger partial charge in [0.2, 0.25) is 5.13 Å². The average molecular weight is 473 g/mol. The van der Waals surface area contributed by atoms with E-state index >= 15 is 0 Å². The Hall–Kier alpha value is -2.99. The van der Waals surface area contributed by atoms with Crippen molar-refractivity contribution in [3.63, 3.8) is 0 Å². The van der Waals surface area contributed by atoms with Gasteiger partial charge in [-0.3, -0.25) is 5.32 Å². The van der Waals surface area contributed by atoms with Gasteiger partial charge in [0.1, 0.15) is 24.4 Å². The van der Waals surface area contributed by atoms with Crippen molar-refractivity contribution in [1.82, 2.24) is 29.2 Å². The highest BCUT2D eigenvalue weighted by Gasteiger charge is 2.44. The first-order valence-electron chi connectivity index (χ1n) is 11.0. The van der Waals surface area contributed by atoms with Crippen LogP contribution in [0.25, 0.3) is 11.0 Å². The van der Waals surface area contributed by atoms with E-state index in [1.54, 1.807) is 20.2 Å². The van der Waals surface area contributed by atoms with Gasteiger partial charge in [-0.25, -0.2) is 14.8 Å². The van der Waals surface area contributed by atoms with Crippen LogP contribution in [0.15, 0.2) is 18.6 Å². The summed E-state index contributed by atoms with van der Waals surface area (Å²) in [5.74, 6) is 1.87. The number of urea groups is 1. The number of fused-ring (bicyclic) bond motifs is 2. The van der Waals surface area contributed by atoms with Crippen molar-refractivity contribution in [2.45, 2.75) is 38.3 Å². The van der Waals surface area contributed by atoms with Crippen molar-refractivity contribution in [3.05, 3.63) is 18.6 Å². The van der Waals surface area contributed by atoms with Gasteiger partial charge in [-0.05, 0) is 44.6 Å². The van der Waals surface area contributed by atoms with Gasteiger partial charge >= 0.3 is 12.0 Å². The molecule has 2 amide bonds. The lowest BCUT2D eigenvalue weighted by atomic mass is 10.0. The third-order valence-corrected chi connectivity index (χ3v) is 7.02. The van der Waals surface area contributed by atoms with Crippen molar-refractivity contribution >= 4 is 39.5 Å². The maximum Gasteiger partial charge on any atom is 0.330 e. The fraction of sp³-hybridized carbons (Fsp3) is 0.571. The Morgan fingerprint density at radius 3 is 2.85 bits per heavy atom. The minimum Gasteiger partial charge on any atom is -0.460 e. The SMILES string of the molecule is CN(c1ncnc2[nH]ccc12)C1CC2CN(C(=O)Nc3nc(OCC(C)(C)O)ns3)C[C@@H]2C1. The van der Waals surface area contributed by atoms with Crippen LogP contribution in [0.5, 0.6) is 6.01 Å². The summed E-state index contributed by atoms with van der Waals surface area (Å²) in [4.78, 5) is 33.0. The van der Waals surface area contributed by atoms with Crippen LogP contribution in [-0.4, -0.2) is 78.7 Å². The molecule has 3 atom stereocenters. The molecule has 12 heteroatoms. The number of likely N-dealkylation sites (tertiary alicyclic amines) is 1. The van der Waals surface area contributed by atoms with E-state index in [-0.39, 0.29) is 18.6 Å². The van der Waals surface area contributed by atoms with Crippen molar-refractivity contribution in [1.29, 1.82) is 0 Å². The summed E-state index contributed by atoms with van der Waals surface area (Å²) >= 11 is 1.06. The van der Waals surface area contributed by atoms with Crippen LogP contribution in [0, 0.1) is 11.8 Å². The Kier molecular flexibility index (Phi) is 5.57. The second-order valence-electron chi connectivity index (χ2n) is 9.51. The second-order valence-corrected chi connectivity index (χ2v) is 10.3. The molecule has 5 rings (SSSR count). The number of hydrogen-bond donors (Lipinski definition) is 3. The minimum atomic E-state index is -0.977. The van der Waals surface area contributed by atoms with E-state index < -0.39 is 5.60 Å². The number of H-pyrrole nitrogens is 1. The van der Waals surface area contributed by atoms with Crippen LogP contribution in [0.2, 0.25) is 0 Å². The highest BCUT2D eigenvalue weighted by atomic mass is 32.1. The molecule has 176 valence electrons. The van der Waals surface area contributed by atoms with Crippen LogP contribution in [0.1, 0.15) is 26.7 Å². The smallest absolute Gasteiger partial charge is 0.330 e. The van der Waals surface area contributed by atoms with Crippen LogP contribution in [-0.2, 0) is 0 Å². The van der Waals surface area contributed by atoms with Gasteiger partial charge in [0.25, 0.3) is 0 Å². The van der Waals surface area contributed by atoms with Gasteiger partial charge in [-0.15, -0.1) is 4.37 Å². The van der Waals surface area contributed by atoms with Gasteiger partial charge in [-0.2, -0.15) is 4.98 Å². The van der Waals surface area contributed by atoms with Crippen LogP contribution in [0.4, 0.5) is 15.7 Å². The molecule has 2 aliphatic rings. The molecule has 0 aromatic carbocycles. The molecule has 3 aromatic heterocycles. The first-order chi connectivity index (χ1) is 15.8. The van der Waals surface area contributed by atoms with Crippen molar-refractivity contribution in [2.24, 2.45) is 11.8 Å². The van der Waals surface area contributed by atoms with E-state index in [9.17, 15) is 9.90 Å². The third kappa shape index (κ3) is 4.58. The summed E-state index contributed by atoms with van der Waals surface area (Å²) in [6.07, 6.45) is 5.53. The van der Waals surface area contributed by atoms with Gasteiger partial charge < -0.3 is 24.6 Å². The Balaban J connectivity index is 1.15. The van der Waals surface area contributed by atoms with E-state index in [0.717, 1.165) is 54.3 Å². The molecule has 33 heavy (non-hydrogen) atoms. The number of rotatable bonds is 6. The zero-order valence-corrected chi connectivity index (χ0v) is 19.7. The number of aromatic amines is 1. The Morgan fingerprint density at radius 2 is 2.12 bits per heavy atom. The topological polar surface area (TPSA) is 132 Å². The van der Waals surface area contributed by atoms with E-state index in [4.69, 9.17) is 4.74 Å². The monoisotopic (exact) mass is 472 g/mol. The molecular formula is C21H28N8O3S. The normalized spacial score (nSPS) is 22.5. The van der Waals surface area contributed by atoms with Crippen LogP contribution < -0.4 is 15.0 Å². The van der Waals surface area contributed by atoms with E-state index in [0.29, 0.717) is 23.0 Å². The molecule has 0 radical (unpaired) electrons. The molecule has 11 nitrogen and oxygen atoms in total. The maximum atomic E-state index is 12.8. The first kappa shape index (κ1) is 21.8. The molecule has 3 aromatic rings. The maximum absolute atomic E-state index is 12.8. The molecule has 3 N–H and O–H groups in total. The number of nitrogens with one attached hydrogen (secondary N) is 2. The summed E-state index contributed by atoms with van der Waals surface area (Å²) < 4.78 is 9.45. The number of aliphatic hydroxyl groups is 1. The Labute approximate surface area is 195 Å². The van der Waals surface area contributed by atoms with Gasteiger partial charge in [-0.1, -0.05) is 0 Å². The third-order valence-electron chi connectivity index (χ3n) is 6.40. The number of anilines is 2. The number of hydrogen-bond acceptors (Lipinski definition) is 9. The number of nitrogens with zero attached hydrogens (tertiary/aromatic N) is 6. The highest BCUT2D eigenvalue weighted by molar-refractivity contribution is 7.10. The number of carbonyl (C=O) groups is 1. The second kappa shape index (κ2) is 8.41. The molecule has 1 aliphatic heterocycles. The summed E-state index contributed by atoms with van der Waals surface area (Å²) in [5, 5.41) is 14.0. The van der Waals surface area contributed by atoms with Gasteiger partial charge in [0.05, 0.1) is 11.0 Å². The molecule has 0 spiro atoms. The van der Waals surface area contributed by atoms with E-state index in [2.05, 4.69) is 41.6 Å². The molecule has 1 saturated carbocycles. The van der Waals surface area contributed by atoms with Crippen molar-refractivity contribution < 1.29 is 14.6 Å². The molecular weight excluding hydrogens is 444 g/mol. The molecule has 0 bridgehead atoms. The highest BCUT2D eigenvalue weighted by Crippen LogP contribution is 2.41. The predicted octanol–water partition coefficient (Wildman–Crippen LogP) is 2.34. The largest absolute Gasteiger partial charge is 0.460 e. The van der Waals surface area contributed by atoms with Gasteiger partial charge in [0.15, 0.2) is 0 Å². The van der Waals surface area contributed by atoms with E-state index in [1.165, 1.54) is 0 Å². The number of aromatic nitrogens is 5. The van der Waals surface area contributed by atoms with E-state index in [1.807, 2.05) is 17.2 Å². The zero-order chi connectivity index (χ0) is 23.2. The lowest BCUT2D eigenvalue weighted by Gasteiger charge is -2.27. The minimum absolute atomic E-state index is 0.0762. The summed E-state index contributed by atoms with van der Waals surface area (Å²) in [6.45, 7) is 4.81. The number of ether oxygens (including phenoxy) is 1. The standard InChI is InChI=1S/C21H28N8O3S/c1-21(2,31)10-32-18-25-19(33-27-18)26-20(30)29-8-12-6-14(7-13(12)9-29)28(3)17-15-4-5-22-16(15)23-11-24-17/h4-5,11-14,31H,6-10H2,1-3H3,(H,22,23,24)(H,25,26,27,30)/t12-,13?,14?/m0/s1. The molecule has 2 fully saturated rings. The summed E-state index contributed by atoms with van der Waals surface area (Å²) in [5.41, 5.74) is -0.132. The lowest BCUT2D eigenvalue weighted by molar-refractivity contribution is 0.0255. The first-order valence-corrected chi connectivity index (χ1v) is 11.8. The molecule has 1 saturated heterocycles. The Morgan fingerprint density at radius 1 is 1.36 bits per heavy atom. The summed E-state index contributed by atoms with van der Waals surface area (Å²) in [7, 11) is 2.10. The number of amides is 2. The van der Waals surface area contributed by atoms with Gasteiger partial charge in [0, 0.05) is 43.9 Å². The predicted molar refractivity (Wildman–Crippen MR) is 125 cm³/mol. The average Bonchev–Trinajstić information content (AvgIpc) is 3.53. The molecule has 2 unspecified atom stereocenters. The quantitative estimate of drug-likeness (QED) is 0.498. The van der Waals surface area contributed by atoms with Crippen molar-refractivity contribution in [2.75, 3.05) is 37.0 Å². The van der Waals surface area contributed by atoms with Crippen LogP contribution >= 0.6 is 11.5 Å². The fourth-order valence-electron chi connectivity index (χ4n) is 4.79. The van der Waals surface area contributed by atoms with Crippen molar-refractivity contribution in [3.8, 4) is 6.01 Å². The zero-order valence-electron chi connectivity index (χ0n) is 18.9. The molecule has 1 aliphatic carbocycles. The fourth-order valence-corrected chi connectivity index (χ4v) is 5.30. The lowest BCUT2D eigenvalue weighted by Crippen LogP contribution is -2.36.